The highest BCUT2D eigenvalue weighted by molar-refractivity contribution is 7.54. The number of carbonyl (C=O) groups is 1. The first-order chi connectivity index (χ1) is 10.4. The number of hydrogen-bond donors (Lipinski definition) is 0. The second kappa shape index (κ2) is 8.58. The monoisotopic (exact) mass is 352 g/mol. The lowest BCUT2D eigenvalue weighted by Crippen LogP contribution is -2.55. The Hall–Kier alpha value is -0.460. The zero-order valence-electron chi connectivity index (χ0n) is 15.5. The first-order valence-corrected chi connectivity index (χ1v) is 9.39. The number of rotatable bonds is 10. The van der Waals surface area contributed by atoms with E-state index < -0.39 is 30.3 Å². The molecule has 0 aromatic rings. The summed E-state index contributed by atoms with van der Waals surface area (Å²) in [5.74, 6) is -2.00. The number of nitrogens with zero attached hydrogens (tertiary/aromatic N) is 1. The molecule has 0 amide bonds. The lowest BCUT2D eigenvalue weighted by atomic mass is 9.92. The minimum absolute atomic E-state index is 0.211. The van der Waals surface area contributed by atoms with Crippen molar-refractivity contribution in [1.82, 2.24) is 5.06 Å². The summed E-state index contributed by atoms with van der Waals surface area (Å²) < 4.78 is 24.3. The second-order valence-electron chi connectivity index (χ2n) is 6.98. The van der Waals surface area contributed by atoms with Crippen LogP contribution in [0, 0.1) is 5.41 Å². The van der Waals surface area contributed by atoms with Gasteiger partial charge in [0.2, 0.25) is 0 Å². The van der Waals surface area contributed by atoms with Crippen molar-refractivity contribution in [2.75, 3.05) is 20.3 Å². The van der Waals surface area contributed by atoms with Crippen LogP contribution in [0.5, 0.6) is 0 Å². The fourth-order valence-corrected chi connectivity index (χ4v) is 5.29. The summed E-state index contributed by atoms with van der Waals surface area (Å²) in [6.07, 6.45) is -0.286. The van der Waals surface area contributed by atoms with Gasteiger partial charge >= 0.3 is 7.60 Å². The highest BCUT2D eigenvalue weighted by atomic mass is 31.2. The largest absolute Gasteiger partial charge is 0.550 e. The van der Waals surface area contributed by atoms with Gasteiger partial charge in [-0.05, 0) is 33.1 Å². The Balaban J connectivity index is 6.03. The first-order valence-electron chi connectivity index (χ1n) is 7.77. The van der Waals surface area contributed by atoms with Crippen LogP contribution in [0.25, 0.3) is 0 Å². The molecule has 0 aromatic heterocycles. The first kappa shape index (κ1) is 22.5. The minimum Gasteiger partial charge on any atom is -0.550 e. The van der Waals surface area contributed by atoms with Crippen molar-refractivity contribution in [2.45, 2.75) is 66.2 Å². The Kier molecular flexibility index (Phi) is 8.41. The Morgan fingerprint density at radius 1 is 1.13 bits per heavy atom. The Morgan fingerprint density at radius 3 is 1.83 bits per heavy atom. The number of hydroxylamine groups is 2. The zero-order chi connectivity index (χ0) is 18.5. The van der Waals surface area contributed by atoms with Gasteiger partial charge in [-0.1, -0.05) is 20.8 Å². The van der Waals surface area contributed by atoms with Crippen LogP contribution in [0.15, 0.2) is 0 Å². The highest BCUT2D eigenvalue weighted by Crippen LogP contribution is 2.60. The number of hydrogen-bond acceptors (Lipinski definition) is 7. The molecule has 0 aliphatic rings. The third kappa shape index (κ3) is 6.16. The molecule has 7 nitrogen and oxygen atoms in total. The molecule has 0 rings (SSSR count). The van der Waals surface area contributed by atoms with Gasteiger partial charge in [0.05, 0.1) is 20.3 Å². The molecule has 23 heavy (non-hydrogen) atoms. The fourth-order valence-electron chi connectivity index (χ4n) is 2.60. The van der Waals surface area contributed by atoms with E-state index in [-0.39, 0.29) is 19.6 Å². The molecule has 0 heterocycles. The zero-order valence-corrected chi connectivity index (χ0v) is 16.4. The molecule has 0 aliphatic heterocycles. The van der Waals surface area contributed by atoms with Gasteiger partial charge in [-0.25, -0.2) is 0 Å². The van der Waals surface area contributed by atoms with Crippen LogP contribution in [0.3, 0.4) is 0 Å². The number of carbonyl (C=O) groups excluding carboxylic acids is 1. The summed E-state index contributed by atoms with van der Waals surface area (Å²) in [7, 11) is -2.16. The van der Waals surface area contributed by atoms with E-state index in [0.717, 1.165) is 0 Å². The molecule has 0 aliphatic carbocycles. The number of carboxylic acid groups (broad SMARTS) is 1. The molecule has 0 fully saturated rings. The lowest BCUT2D eigenvalue weighted by molar-refractivity contribution is -0.313. The lowest BCUT2D eigenvalue weighted by Gasteiger charge is -2.48. The van der Waals surface area contributed by atoms with Crippen molar-refractivity contribution in [3.63, 3.8) is 0 Å². The molecule has 0 bridgehead atoms. The van der Waals surface area contributed by atoms with Gasteiger partial charge in [-0.2, -0.15) is 5.06 Å². The normalized spacial score (nSPS) is 15.0. The van der Waals surface area contributed by atoms with Crippen LogP contribution < -0.4 is 5.11 Å². The molecule has 1 unspecified atom stereocenters. The SMILES string of the molecule is CCOP(=O)(OCC)C(N(OC)C(C)(C)CC(=O)[O-])C(C)(C)C. The van der Waals surface area contributed by atoms with Gasteiger partial charge < -0.3 is 23.8 Å². The number of aliphatic carboxylic acids is 1. The van der Waals surface area contributed by atoms with Gasteiger partial charge in [-0.3, -0.25) is 4.57 Å². The molecule has 1 atom stereocenters. The van der Waals surface area contributed by atoms with E-state index in [4.69, 9.17) is 13.9 Å². The standard InChI is InChI=1S/C15H32NO6P/c1-9-21-23(19,22-10-2)13(14(3,4)5)16(20-8)15(6,7)11-12(17)18/h13H,9-11H2,1-8H3,(H,17,18)/p-1. The Bertz CT molecular complexity index is 422. The summed E-state index contributed by atoms with van der Waals surface area (Å²) in [6, 6.07) is 0. The van der Waals surface area contributed by atoms with Crippen LogP contribution in [-0.2, 0) is 23.2 Å². The average molecular weight is 352 g/mol. The van der Waals surface area contributed by atoms with Crippen molar-refractivity contribution in [2.24, 2.45) is 5.41 Å². The third-order valence-corrected chi connectivity index (χ3v) is 6.10. The molecule has 0 saturated carbocycles. The predicted molar refractivity (Wildman–Crippen MR) is 86.7 cm³/mol. The highest BCUT2D eigenvalue weighted by Gasteiger charge is 2.51. The van der Waals surface area contributed by atoms with Crippen LogP contribution in [0.2, 0.25) is 0 Å². The number of carboxylic acids is 1. The summed E-state index contributed by atoms with van der Waals surface area (Å²) in [6.45, 7) is 12.9. The summed E-state index contributed by atoms with van der Waals surface area (Å²) in [4.78, 5) is 16.5. The topological polar surface area (TPSA) is 88.1 Å². The van der Waals surface area contributed by atoms with E-state index in [1.807, 2.05) is 20.8 Å². The van der Waals surface area contributed by atoms with Crippen LogP contribution in [0.4, 0.5) is 0 Å². The van der Waals surface area contributed by atoms with Crippen molar-refractivity contribution >= 4 is 13.6 Å². The van der Waals surface area contributed by atoms with Gasteiger partial charge in [-0.15, -0.1) is 0 Å². The summed E-state index contributed by atoms with van der Waals surface area (Å²) >= 11 is 0. The van der Waals surface area contributed by atoms with Gasteiger partial charge in [0.25, 0.3) is 0 Å². The maximum Gasteiger partial charge on any atom is 0.350 e. The molecule has 0 N–H and O–H groups in total. The molecule has 138 valence electrons. The molecular weight excluding hydrogens is 321 g/mol. The van der Waals surface area contributed by atoms with E-state index in [1.54, 1.807) is 27.7 Å². The van der Waals surface area contributed by atoms with Gasteiger partial charge in [0, 0.05) is 17.9 Å². The van der Waals surface area contributed by atoms with Crippen molar-refractivity contribution in [3.8, 4) is 0 Å². The smallest absolute Gasteiger partial charge is 0.350 e. The average Bonchev–Trinajstić information content (AvgIpc) is 2.32. The summed E-state index contributed by atoms with van der Waals surface area (Å²) in [5.41, 5.74) is -1.52. The van der Waals surface area contributed by atoms with E-state index in [9.17, 15) is 14.5 Å². The van der Waals surface area contributed by atoms with Crippen molar-refractivity contribution in [3.05, 3.63) is 0 Å². The molecule has 0 spiro atoms. The van der Waals surface area contributed by atoms with Crippen LogP contribution >= 0.6 is 7.60 Å². The van der Waals surface area contributed by atoms with Crippen LogP contribution in [-0.4, -0.2) is 42.7 Å². The minimum atomic E-state index is -3.58. The Morgan fingerprint density at radius 2 is 1.57 bits per heavy atom. The summed E-state index contributed by atoms with van der Waals surface area (Å²) in [5, 5.41) is 12.5. The molecular formula is C15H31NO6P-. The third-order valence-electron chi connectivity index (χ3n) is 3.28. The second-order valence-corrected chi connectivity index (χ2v) is 9.07. The Labute approximate surface area is 139 Å². The maximum absolute atomic E-state index is 13.4. The van der Waals surface area contributed by atoms with Crippen molar-refractivity contribution < 1.29 is 28.4 Å². The fraction of sp³-hybridized carbons (Fsp3) is 0.933. The quantitative estimate of drug-likeness (QED) is 0.440. The van der Waals surface area contributed by atoms with E-state index >= 15 is 0 Å². The van der Waals surface area contributed by atoms with Crippen LogP contribution in [0.1, 0.15) is 54.9 Å². The molecule has 8 heteroatoms. The molecule has 0 saturated heterocycles. The molecule has 0 radical (unpaired) electrons. The van der Waals surface area contributed by atoms with E-state index in [0.29, 0.717) is 0 Å². The van der Waals surface area contributed by atoms with Gasteiger partial charge in [0.1, 0.15) is 5.78 Å². The maximum atomic E-state index is 13.4. The van der Waals surface area contributed by atoms with E-state index in [1.165, 1.54) is 12.2 Å². The van der Waals surface area contributed by atoms with Gasteiger partial charge in [0.15, 0.2) is 0 Å². The molecule has 0 aromatic carbocycles. The predicted octanol–water partition coefficient (Wildman–Crippen LogP) is 2.41. The van der Waals surface area contributed by atoms with E-state index in [2.05, 4.69) is 0 Å². The van der Waals surface area contributed by atoms with Crippen molar-refractivity contribution in [1.29, 1.82) is 0 Å².